The van der Waals surface area contributed by atoms with Crippen LogP contribution in [0.4, 0.5) is 0 Å². The standard InChI is InChI=1S/C11H19NO2/c13-8-11-4-1-5-12(11)7-10-3-2-6-14-9-10/h3,11,13H,1-2,4-9H2/t11-/m0/s1. The summed E-state index contributed by atoms with van der Waals surface area (Å²) in [5.74, 6) is 0. The molecule has 0 unspecified atom stereocenters. The number of nitrogens with zero attached hydrogens (tertiary/aromatic N) is 1. The van der Waals surface area contributed by atoms with E-state index in [4.69, 9.17) is 4.74 Å². The lowest BCUT2D eigenvalue weighted by Gasteiger charge is -2.25. The first-order valence-electron chi connectivity index (χ1n) is 5.50. The van der Waals surface area contributed by atoms with Crippen molar-refractivity contribution < 1.29 is 9.84 Å². The maximum Gasteiger partial charge on any atom is 0.0689 e. The summed E-state index contributed by atoms with van der Waals surface area (Å²) in [5.41, 5.74) is 1.39. The Morgan fingerprint density at radius 3 is 3.21 bits per heavy atom. The molecule has 2 heterocycles. The average molecular weight is 197 g/mol. The zero-order chi connectivity index (χ0) is 9.80. The third-order valence-electron chi connectivity index (χ3n) is 3.10. The van der Waals surface area contributed by atoms with Crippen LogP contribution in [0, 0.1) is 0 Å². The summed E-state index contributed by atoms with van der Waals surface area (Å²) in [5, 5.41) is 9.17. The van der Waals surface area contributed by atoms with Crippen molar-refractivity contribution in [1.29, 1.82) is 0 Å². The van der Waals surface area contributed by atoms with E-state index in [0.717, 1.165) is 39.1 Å². The second kappa shape index (κ2) is 4.91. The molecular weight excluding hydrogens is 178 g/mol. The van der Waals surface area contributed by atoms with E-state index >= 15 is 0 Å². The zero-order valence-electron chi connectivity index (χ0n) is 8.61. The first-order chi connectivity index (χ1) is 6.90. The molecule has 2 rings (SSSR count). The van der Waals surface area contributed by atoms with Crippen molar-refractivity contribution in [3.8, 4) is 0 Å². The van der Waals surface area contributed by atoms with Crippen LogP contribution in [0.3, 0.4) is 0 Å². The third kappa shape index (κ3) is 2.35. The largest absolute Gasteiger partial charge is 0.395 e. The SMILES string of the molecule is OC[C@@H]1CCCN1CC1=CCCOC1. The molecule has 0 bridgehead atoms. The summed E-state index contributed by atoms with van der Waals surface area (Å²) in [4.78, 5) is 2.38. The fourth-order valence-corrected chi connectivity index (χ4v) is 2.29. The number of aliphatic hydroxyl groups is 1. The van der Waals surface area contributed by atoms with Crippen LogP contribution in [-0.4, -0.2) is 49.0 Å². The maximum atomic E-state index is 9.17. The van der Waals surface area contributed by atoms with Gasteiger partial charge in [0.1, 0.15) is 0 Å². The van der Waals surface area contributed by atoms with Crippen LogP contribution >= 0.6 is 0 Å². The number of aliphatic hydroxyl groups excluding tert-OH is 1. The van der Waals surface area contributed by atoms with Gasteiger partial charge in [-0.1, -0.05) is 6.08 Å². The van der Waals surface area contributed by atoms with Gasteiger partial charge in [0.05, 0.1) is 19.8 Å². The predicted octanol–water partition coefficient (Wildman–Crippen LogP) is 0.790. The van der Waals surface area contributed by atoms with Crippen molar-refractivity contribution in [2.75, 3.05) is 32.9 Å². The minimum absolute atomic E-state index is 0.300. The first-order valence-corrected chi connectivity index (χ1v) is 5.50. The number of hydrogen-bond acceptors (Lipinski definition) is 3. The normalized spacial score (nSPS) is 29.2. The zero-order valence-corrected chi connectivity index (χ0v) is 8.61. The van der Waals surface area contributed by atoms with Crippen LogP contribution in [0.25, 0.3) is 0 Å². The molecule has 14 heavy (non-hydrogen) atoms. The second-order valence-corrected chi connectivity index (χ2v) is 4.15. The van der Waals surface area contributed by atoms with Crippen molar-refractivity contribution in [1.82, 2.24) is 4.90 Å². The van der Waals surface area contributed by atoms with Crippen LogP contribution in [-0.2, 0) is 4.74 Å². The van der Waals surface area contributed by atoms with E-state index in [1.165, 1.54) is 12.0 Å². The van der Waals surface area contributed by atoms with Crippen molar-refractivity contribution >= 4 is 0 Å². The van der Waals surface area contributed by atoms with Gasteiger partial charge in [-0.05, 0) is 31.4 Å². The Morgan fingerprint density at radius 1 is 1.57 bits per heavy atom. The molecule has 1 saturated heterocycles. The number of likely N-dealkylation sites (tertiary alicyclic amines) is 1. The van der Waals surface area contributed by atoms with Gasteiger partial charge in [-0.15, -0.1) is 0 Å². The van der Waals surface area contributed by atoms with Crippen molar-refractivity contribution in [3.63, 3.8) is 0 Å². The predicted molar refractivity (Wildman–Crippen MR) is 55.2 cm³/mol. The topological polar surface area (TPSA) is 32.7 Å². The fraction of sp³-hybridized carbons (Fsp3) is 0.818. The molecule has 0 aromatic rings. The quantitative estimate of drug-likeness (QED) is 0.679. The molecule has 0 spiro atoms. The van der Waals surface area contributed by atoms with E-state index in [9.17, 15) is 5.11 Å². The van der Waals surface area contributed by atoms with E-state index in [0.29, 0.717) is 12.6 Å². The van der Waals surface area contributed by atoms with E-state index in [1.807, 2.05) is 0 Å². The Morgan fingerprint density at radius 2 is 2.50 bits per heavy atom. The maximum absolute atomic E-state index is 9.17. The fourth-order valence-electron chi connectivity index (χ4n) is 2.29. The van der Waals surface area contributed by atoms with Gasteiger partial charge in [0.25, 0.3) is 0 Å². The lowest BCUT2D eigenvalue weighted by Crippen LogP contribution is -2.34. The molecule has 0 radical (unpaired) electrons. The molecule has 1 atom stereocenters. The monoisotopic (exact) mass is 197 g/mol. The molecule has 1 N–H and O–H groups in total. The molecule has 0 saturated carbocycles. The second-order valence-electron chi connectivity index (χ2n) is 4.15. The molecule has 2 aliphatic heterocycles. The molecule has 3 heteroatoms. The molecule has 3 nitrogen and oxygen atoms in total. The van der Waals surface area contributed by atoms with Crippen molar-refractivity contribution in [2.45, 2.75) is 25.3 Å². The summed E-state index contributed by atoms with van der Waals surface area (Å²) in [6.45, 7) is 4.07. The molecule has 2 aliphatic rings. The molecule has 0 aromatic carbocycles. The van der Waals surface area contributed by atoms with E-state index in [-0.39, 0.29) is 0 Å². The van der Waals surface area contributed by atoms with Crippen molar-refractivity contribution in [3.05, 3.63) is 11.6 Å². The van der Waals surface area contributed by atoms with Gasteiger partial charge in [0.15, 0.2) is 0 Å². The highest BCUT2D eigenvalue weighted by molar-refractivity contribution is 5.08. The van der Waals surface area contributed by atoms with Crippen LogP contribution in [0.15, 0.2) is 11.6 Å². The van der Waals surface area contributed by atoms with Crippen molar-refractivity contribution in [2.24, 2.45) is 0 Å². The minimum Gasteiger partial charge on any atom is -0.395 e. The number of rotatable bonds is 3. The van der Waals surface area contributed by atoms with Gasteiger partial charge in [0.2, 0.25) is 0 Å². The summed E-state index contributed by atoms with van der Waals surface area (Å²) < 4.78 is 5.40. The Kier molecular flexibility index (Phi) is 3.56. The van der Waals surface area contributed by atoms with Crippen LogP contribution in [0.1, 0.15) is 19.3 Å². The Hall–Kier alpha value is -0.380. The molecular formula is C11H19NO2. The number of ether oxygens (including phenoxy) is 1. The highest BCUT2D eigenvalue weighted by atomic mass is 16.5. The van der Waals surface area contributed by atoms with E-state index in [1.54, 1.807) is 0 Å². The van der Waals surface area contributed by atoms with E-state index in [2.05, 4.69) is 11.0 Å². The molecule has 80 valence electrons. The van der Waals surface area contributed by atoms with Gasteiger partial charge in [0, 0.05) is 12.6 Å². The Bertz CT molecular complexity index is 215. The Labute approximate surface area is 85.4 Å². The van der Waals surface area contributed by atoms with Gasteiger partial charge in [-0.25, -0.2) is 0 Å². The lowest BCUT2D eigenvalue weighted by atomic mass is 10.1. The van der Waals surface area contributed by atoms with E-state index < -0.39 is 0 Å². The highest BCUT2D eigenvalue weighted by Gasteiger charge is 2.24. The summed E-state index contributed by atoms with van der Waals surface area (Å²) in [6, 6.07) is 0.387. The summed E-state index contributed by atoms with van der Waals surface area (Å²) >= 11 is 0. The average Bonchev–Trinajstić information content (AvgIpc) is 2.67. The molecule has 1 fully saturated rings. The first kappa shape index (κ1) is 10.1. The smallest absolute Gasteiger partial charge is 0.0689 e. The summed E-state index contributed by atoms with van der Waals surface area (Å²) in [6.07, 6.45) is 5.70. The minimum atomic E-state index is 0.300. The number of hydrogen-bond donors (Lipinski definition) is 1. The molecule has 0 aliphatic carbocycles. The van der Waals surface area contributed by atoms with Gasteiger partial charge >= 0.3 is 0 Å². The Balaban J connectivity index is 1.86. The van der Waals surface area contributed by atoms with Crippen LogP contribution in [0.2, 0.25) is 0 Å². The van der Waals surface area contributed by atoms with Gasteiger partial charge in [-0.3, -0.25) is 4.90 Å². The molecule has 0 amide bonds. The van der Waals surface area contributed by atoms with Crippen LogP contribution < -0.4 is 0 Å². The van der Waals surface area contributed by atoms with Gasteiger partial charge in [-0.2, -0.15) is 0 Å². The molecule has 0 aromatic heterocycles. The van der Waals surface area contributed by atoms with Crippen LogP contribution in [0.5, 0.6) is 0 Å². The highest BCUT2D eigenvalue weighted by Crippen LogP contribution is 2.19. The lowest BCUT2D eigenvalue weighted by molar-refractivity contribution is 0.130. The summed E-state index contributed by atoms with van der Waals surface area (Å²) in [7, 11) is 0. The third-order valence-corrected chi connectivity index (χ3v) is 3.10. The van der Waals surface area contributed by atoms with Gasteiger partial charge < -0.3 is 9.84 Å².